The van der Waals surface area contributed by atoms with Crippen LogP contribution in [0.3, 0.4) is 0 Å². The molecule has 0 aromatic heterocycles. The molecule has 0 spiro atoms. The number of benzene rings is 2. The van der Waals surface area contributed by atoms with Crippen molar-refractivity contribution in [3.8, 4) is 17.6 Å². The highest BCUT2D eigenvalue weighted by molar-refractivity contribution is 7.89. The zero-order chi connectivity index (χ0) is 17.2. The Morgan fingerprint density at radius 3 is 2.71 bits per heavy atom. The molecule has 0 saturated carbocycles. The lowest BCUT2D eigenvalue weighted by Crippen LogP contribution is -2.30. The Kier molecular flexibility index (Phi) is 4.42. The molecule has 0 atom stereocenters. The van der Waals surface area contributed by atoms with Gasteiger partial charge in [0.25, 0.3) is 0 Å². The van der Waals surface area contributed by atoms with E-state index in [1.165, 1.54) is 16.4 Å². The van der Waals surface area contributed by atoms with Crippen molar-refractivity contribution in [2.24, 2.45) is 0 Å². The minimum Gasteiger partial charge on any atom is -0.454 e. The molecular weight excluding hydrogens is 328 g/mol. The number of nitrogens with zero attached hydrogens (tertiary/aromatic N) is 2. The van der Waals surface area contributed by atoms with E-state index in [1.54, 1.807) is 31.2 Å². The normalized spacial score (nSPS) is 13.0. The zero-order valence-electron chi connectivity index (χ0n) is 13.1. The van der Waals surface area contributed by atoms with Gasteiger partial charge in [0.2, 0.25) is 16.8 Å². The Labute approximate surface area is 140 Å². The minimum absolute atomic E-state index is 0.115. The molecule has 0 saturated heterocycles. The van der Waals surface area contributed by atoms with Crippen LogP contribution in [0.5, 0.6) is 11.5 Å². The average molecular weight is 344 g/mol. The van der Waals surface area contributed by atoms with Gasteiger partial charge in [0, 0.05) is 13.1 Å². The van der Waals surface area contributed by atoms with E-state index in [4.69, 9.17) is 14.7 Å². The van der Waals surface area contributed by atoms with Crippen molar-refractivity contribution in [2.75, 3.05) is 13.3 Å². The van der Waals surface area contributed by atoms with Crippen molar-refractivity contribution in [3.05, 3.63) is 53.6 Å². The number of hydrogen-bond acceptors (Lipinski definition) is 5. The first-order chi connectivity index (χ1) is 11.5. The number of nitriles is 1. The summed E-state index contributed by atoms with van der Waals surface area (Å²) in [5.74, 6) is 1.28. The first-order valence-electron chi connectivity index (χ1n) is 7.43. The highest BCUT2D eigenvalue weighted by Crippen LogP contribution is 2.33. The summed E-state index contributed by atoms with van der Waals surface area (Å²) in [4.78, 5) is 0.115. The number of sulfonamides is 1. The van der Waals surface area contributed by atoms with Gasteiger partial charge < -0.3 is 9.47 Å². The minimum atomic E-state index is -3.69. The lowest BCUT2D eigenvalue weighted by atomic mass is 10.2. The van der Waals surface area contributed by atoms with Crippen LogP contribution in [-0.2, 0) is 16.6 Å². The second kappa shape index (κ2) is 6.51. The molecule has 124 valence electrons. The third-order valence-corrected chi connectivity index (χ3v) is 5.67. The largest absolute Gasteiger partial charge is 0.454 e. The van der Waals surface area contributed by atoms with Crippen molar-refractivity contribution in [1.82, 2.24) is 4.31 Å². The van der Waals surface area contributed by atoms with Gasteiger partial charge in [-0.2, -0.15) is 9.57 Å². The molecule has 1 aliphatic rings. The summed E-state index contributed by atoms with van der Waals surface area (Å²) in [5.41, 5.74) is 1.12. The number of rotatable bonds is 5. The Balaban J connectivity index is 1.89. The molecule has 2 aromatic carbocycles. The van der Waals surface area contributed by atoms with Gasteiger partial charge >= 0.3 is 0 Å². The van der Waals surface area contributed by atoms with Crippen LogP contribution in [-0.4, -0.2) is 26.1 Å². The molecule has 7 heteroatoms. The maximum Gasteiger partial charge on any atom is 0.243 e. The monoisotopic (exact) mass is 344 g/mol. The molecule has 6 nitrogen and oxygen atoms in total. The van der Waals surface area contributed by atoms with E-state index in [0.29, 0.717) is 23.6 Å². The molecular formula is C17H16N2O4S. The molecule has 0 unspecified atom stereocenters. The molecule has 0 fully saturated rings. The highest BCUT2D eigenvalue weighted by Gasteiger charge is 2.24. The van der Waals surface area contributed by atoms with Gasteiger partial charge in [-0.25, -0.2) is 8.42 Å². The van der Waals surface area contributed by atoms with Crippen LogP contribution in [0.15, 0.2) is 47.4 Å². The Morgan fingerprint density at radius 1 is 1.17 bits per heavy atom. The summed E-state index contributed by atoms with van der Waals surface area (Å²) in [6.45, 7) is 2.48. The fourth-order valence-corrected chi connectivity index (χ4v) is 3.97. The summed E-state index contributed by atoms with van der Waals surface area (Å²) in [7, 11) is -3.69. The third kappa shape index (κ3) is 3.07. The van der Waals surface area contributed by atoms with Crippen molar-refractivity contribution in [3.63, 3.8) is 0 Å². The van der Waals surface area contributed by atoms with Crippen LogP contribution < -0.4 is 9.47 Å². The quantitative estimate of drug-likeness (QED) is 0.832. The van der Waals surface area contributed by atoms with E-state index in [9.17, 15) is 8.42 Å². The lowest BCUT2D eigenvalue weighted by molar-refractivity contribution is 0.174. The highest BCUT2D eigenvalue weighted by atomic mass is 32.2. The molecule has 0 aliphatic carbocycles. The predicted octanol–water partition coefficient (Wildman–Crippen LogP) is 2.50. The van der Waals surface area contributed by atoms with Gasteiger partial charge in [-0.15, -0.1) is 0 Å². The standard InChI is InChI=1S/C17H16N2O4S/c1-2-19(11-14-6-7-16-17(9-14)23-12-22-16)24(20,21)15-5-3-4-13(8-15)10-18/h3-9H,2,11-12H2,1H3. The second-order valence-corrected chi connectivity index (χ2v) is 7.20. The average Bonchev–Trinajstić information content (AvgIpc) is 3.07. The Bertz CT molecular complexity index is 903. The van der Waals surface area contributed by atoms with E-state index in [1.807, 2.05) is 12.1 Å². The molecule has 1 aliphatic heterocycles. The smallest absolute Gasteiger partial charge is 0.243 e. The van der Waals surface area contributed by atoms with Crippen LogP contribution in [0.25, 0.3) is 0 Å². The molecule has 1 heterocycles. The first kappa shape index (κ1) is 16.3. The second-order valence-electron chi connectivity index (χ2n) is 5.26. The van der Waals surface area contributed by atoms with Crippen LogP contribution in [0.2, 0.25) is 0 Å². The van der Waals surface area contributed by atoms with E-state index in [0.717, 1.165) is 5.56 Å². The SMILES string of the molecule is CCN(Cc1ccc2c(c1)OCO2)S(=O)(=O)c1cccc(C#N)c1. The number of fused-ring (bicyclic) bond motifs is 1. The fourth-order valence-electron chi connectivity index (χ4n) is 2.48. The molecule has 2 aromatic rings. The molecule has 0 amide bonds. The van der Waals surface area contributed by atoms with E-state index >= 15 is 0 Å². The van der Waals surface area contributed by atoms with Crippen molar-refractivity contribution >= 4 is 10.0 Å². The zero-order valence-corrected chi connectivity index (χ0v) is 13.9. The predicted molar refractivity (Wildman–Crippen MR) is 87.0 cm³/mol. The van der Waals surface area contributed by atoms with Gasteiger partial charge in [-0.1, -0.05) is 19.1 Å². The summed E-state index contributed by atoms with van der Waals surface area (Å²) in [6, 6.07) is 13.4. The van der Waals surface area contributed by atoms with Gasteiger partial charge in [-0.3, -0.25) is 0 Å². The van der Waals surface area contributed by atoms with Crippen molar-refractivity contribution in [2.45, 2.75) is 18.4 Å². The maximum atomic E-state index is 12.8. The van der Waals surface area contributed by atoms with Crippen molar-refractivity contribution < 1.29 is 17.9 Å². The maximum absolute atomic E-state index is 12.8. The van der Waals surface area contributed by atoms with E-state index in [2.05, 4.69) is 0 Å². The van der Waals surface area contributed by atoms with Crippen LogP contribution >= 0.6 is 0 Å². The van der Waals surface area contributed by atoms with Crippen LogP contribution in [0, 0.1) is 11.3 Å². The van der Waals surface area contributed by atoms with Crippen LogP contribution in [0.1, 0.15) is 18.1 Å². The molecule has 24 heavy (non-hydrogen) atoms. The summed E-state index contributed by atoms with van der Waals surface area (Å²) in [6.07, 6.45) is 0. The van der Waals surface area contributed by atoms with Gasteiger partial charge in [0.15, 0.2) is 11.5 Å². The van der Waals surface area contributed by atoms with Gasteiger partial charge in [-0.05, 0) is 35.9 Å². The van der Waals surface area contributed by atoms with Crippen molar-refractivity contribution in [1.29, 1.82) is 5.26 Å². The Hall–Kier alpha value is -2.56. The molecule has 0 bridgehead atoms. The van der Waals surface area contributed by atoms with E-state index < -0.39 is 10.0 Å². The third-order valence-electron chi connectivity index (χ3n) is 3.75. The molecule has 3 rings (SSSR count). The number of hydrogen-bond donors (Lipinski definition) is 0. The summed E-state index contributed by atoms with van der Waals surface area (Å²) >= 11 is 0. The molecule has 0 N–H and O–H groups in total. The van der Waals surface area contributed by atoms with Gasteiger partial charge in [0.1, 0.15) is 0 Å². The fraction of sp³-hybridized carbons (Fsp3) is 0.235. The van der Waals surface area contributed by atoms with E-state index in [-0.39, 0.29) is 18.2 Å². The number of ether oxygens (including phenoxy) is 2. The summed E-state index contributed by atoms with van der Waals surface area (Å²) in [5, 5.41) is 8.96. The van der Waals surface area contributed by atoms with Gasteiger partial charge in [0.05, 0.1) is 16.5 Å². The first-order valence-corrected chi connectivity index (χ1v) is 8.87. The summed E-state index contributed by atoms with van der Waals surface area (Å²) < 4.78 is 37.6. The molecule has 0 radical (unpaired) electrons. The Morgan fingerprint density at radius 2 is 1.96 bits per heavy atom. The lowest BCUT2D eigenvalue weighted by Gasteiger charge is -2.21. The van der Waals surface area contributed by atoms with Crippen LogP contribution in [0.4, 0.5) is 0 Å². The topological polar surface area (TPSA) is 79.6 Å².